The summed E-state index contributed by atoms with van der Waals surface area (Å²) in [4.78, 5) is 10.8. The molecule has 2 heterocycles. The molecular weight excluding hydrogens is 188 g/mol. The van der Waals surface area contributed by atoms with E-state index in [0.717, 1.165) is 19.0 Å². The lowest BCUT2D eigenvalue weighted by atomic mass is 10.1. The quantitative estimate of drug-likeness (QED) is 0.761. The fraction of sp³-hybridized carbons (Fsp3) is 0.636. The summed E-state index contributed by atoms with van der Waals surface area (Å²) in [7, 11) is 0. The molecule has 4 heteroatoms. The molecule has 1 aliphatic heterocycles. The van der Waals surface area contributed by atoms with Crippen LogP contribution in [0.3, 0.4) is 0 Å². The van der Waals surface area contributed by atoms with Crippen molar-refractivity contribution in [3.05, 3.63) is 12.3 Å². The Hall–Kier alpha value is -1.32. The van der Waals surface area contributed by atoms with Crippen LogP contribution in [0.4, 0.5) is 11.8 Å². The predicted octanol–water partition coefficient (Wildman–Crippen LogP) is 1.83. The van der Waals surface area contributed by atoms with Crippen molar-refractivity contribution in [1.82, 2.24) is 9.97 Å². The molecule has 0 unspecified atom stereocenters. The Bertz CT molecular complexity index is 305. The van der Waals surface area contributed by atoms with Crippen LogP contribution in [0.25, 0.3) is 0 Å². The Kier molecular flexibility index (Phi) is 3.37. The van der Waals surface area contributed by atoms with Gasteiger partial charge in [-0.15, -0.1) is 0 Å². The zero-order valence-electron chi connectivity index (χ0n) is 9.02. The van der Waals surface area contributed by atoms with Gasteiger partial charge < -0.3 is 10.6 Å². The van der Waals surface area contributed by atoms with Gasteiger partial charge in [0.1, 0.15) is 5.82 Å². The van der Waals surface area contributed by atoms with Crippen molar-refractivity contribution in [2.45, 2.75) is 32.1 Å². The molecule has 0 radical (unpaired) electrons. The summed E-state index contributed by atoms with van der Waals surface area (Å²) in [6.07, 6.45) is 8.20. The maximum atomic E-state index is 5.66. The maximum absolute atomic E-state index is 5.66. The first-order chi connectivity index (χ1) is 7.36. The number of nitrogens with two attached hydrogens (primary N) is 1. The molecule has 1 aromatic heterocycles. The van der Waals surface area contributed by atoms with Gasteiger partial charge in [-0.1, -0.05) is 19.3 Å². The highest BCUT2D eigenvalue weighted by Crippen LogP contribution is 2.15. The molecule has 0 atom stereocenters. The highest BCUT2D eigenvalue weighted by atomic mass is 15.3. The van der Waals surface area contributed by atoms with Crippen LogP contribution >= 0.6 is 0 Å². The Balaban J connectivity index is 2.06. The van der Waals surface area contributed by atoms with E-state index < -0.39 is 0 Å². The molecule has 0 aromatic carbocycles. The molecule has 1 saturated heterocycles. The minimum absolute atomic E-state index is 0.557. The van der Waals surface area contributed by atoms with Crippen LogP contribution in [0.5, 0.6) is 0 Å². The topological polar surface area (TPSA) is 55.0 Å². The third-order valence-corrected chi connectivity index (χ3v) is 2.80. The average molecular weight is 206 g/mol. The third-order valence-electron chi connectivity index (χ3n) is 2.80. The fourth-order valence-electron chi connectivity index (χ4n) is 1.96. The average Bonchev–Trinajstić information content (AvgIpc) is 2.16. The molecule has 2 rings (SSSR count). The van der Waals surface area contributed by atoms with Gasteiger partial charge in [-0.25, -0.2) is 4.98 Å². The fourth-order valence-corrected chi connectivity index (χ4v) is 1.96. The minimum atomic E-state index is 0.557. The predicted molar refractivity (Wildman–Crippen MR) is 61.7 cm³/mol. The largest absolute Gasteiger partial charge is 0.384 e. The monoisotopic (exact) mass is 206 g/mol. The van der Waals surface area contributed by atoms with Crippen LogP contribution in [0.1, 0.15) is 32.1 Å². The third kappa shape index (κ3) is 2.81. The van der Waals surface area contributed by atoms with Crippen LogP contribution in [0.2, 0.25) is 0 Å². The highest BCUT2D eigenvalue weighted by Gasteiger charge is 2.11. The first-order valence-corrected chi connectivity index (χ1v) is 5.70. The minimum Gasteiger partial charge on any atom is -0.384 e. The molecule has 2 N–H and O–H groups in total. The smallest absolute Gasteiger partial charge is 0.227 e. The van der Waals surface area contributed by atoms with Crippen LogP contribution in [-0.2, 0) is 0 Å². The second kappa shape index (κ2) is 4.96. The number of anilines is 2. The van der Waals surface area contributed by atoms with Crippen molar-refractivity contribution < 1.29 is 0 Å². The van der Waals surface area contributed by atoms with E-state index >= 15 is 0 Å². The zero-order chi connectivity index (χ0) is 10.5. The van der Waals surface area contributed by atoms with Gasteiger partial charge in [0.25, 0.3) is 0 Å². The van der Waals surface area contributed by atoms with Gasteiger partial charge in [0.2, 0.25) is 5.95 Å². The maximum Gasteiger partial charge on any atom is 0.227 e. The number of hydrogen-bond donors (Lipinski definition) is 1. The van der Waals surface area contributed by atoms with Crippen LogP contribution in [-0.4, -0.2) is 23.1 Å². The Labute approximate surface area is 90.5 Å². The van der Waals surface area contributed by atoms with Crippen LogP contribution in [0.15, 0.2) is 12.3 Å². The second-order valence-electron chi connectivity index (χ2n) is 4.04. The van der Waals surface area contributed by atoms with E-state index in [4.69, 9.17) is 5.73 Å². The van der Waals surface area contributed by atoms with Gasteiger partial charge in [-0.05, 0) is 18.9 Å². The van der Waals surface area contributed by atoms with Crippen molar-refractivity contribution in [2.24, 2.45) is 0 Å². The number of nitrogen functional groups attached to an aromatic ring is 1. The summed E-state index contributed by atoms with van der Waals surface area (Å²) in [6, 6.07) is 1.73. The summed E-state index contributed by atoms with van der Waals surface area (Å²) in [5.41, 5.74) is 5.66. The molecule has 0 spiro atoms. The van der Waals surface area contributed by atoms with E-state index in [-0.39, 0.29) is 0 Å². The molecule has 4 nitrogen and oxygen atoms in total. The van der Waals surface area contributed by atoms with Gasteiger partial charge in [0.05, 0.1) is 0 Å². The number of rotatable bonds is 1. The molecule has 1 aliphatic rings. The molecule has 1 fully saturated rings. The number of nitrogens with zero attached hydrogens (tertiary/aromatic N) is 3. The van der Waals surface area contributed by atoms with Crippen molar-refractivity contribution in [3.8, 4) is 0 Å². The molecule has 0 amide bonds. The lowest BCUT2D eigenvalue weighted by molar-refractivity contribution is 0.550. The lowest BCUT2D eigenvalue weighted by Crippen LogP contribution is -2.28. The van der Waals surface area contributed by atoms with Crippen molar-refractivity contribution in [2.75, 3.05) is 23.7 Å². The van der Waals surface area contributed by atoms with Gasteiger partial charge >= 0.3 is 0 Å². The van der Waals surface area contributed by atoms with Crippen molar-refractivity contribution >= 4 is 11.8 Å². The van der Waals surface area contributed by atoms with E-state index in [1.54, 1.807) is 12.3 Å². The number of aromatic nitrogens is 2. The molecule has 0 bridgehead atoms. The molecule has 0 saturated carbocycles. The second-order valence-corrected chi connectivity index (χ2v) is 4.04. The molecule has 0 aliphatic carbocycles. The Morgan fingerprint density at radius 3 is 2.40 bits per heavy atom. The van der Waals surface area contributed by atoms with Crippen molar-refractivity contribution in [3.63, 3.8) is 0 Å². The summed E-state index contributed by atoms with van der Waals surface area (Å²) < 4.78 is 0. The Morgan fingerprint density at radius 2 is 1.73 bits per heavy atom. The Morgan fingerprint density at radius 1 is 1.07 bits per heavy atom. The van der Waals surface area contributed by atoms with Gasteiger partial charge in [-0.3, -0.25) is 0 Å². The van der Waals surface area contributed by atoms with Gasteiger partial charge in [0, 0.05) is 19.3 Å². The van der Waals surface area contributed by atoms with E-state index in [1.807, 2.05) is 0 Å². The summed E-state index contributed by atoms with van der Waals surface area (Å²) in [5, 5.41) is 0. The van der Waals surface area contributed by atoms with Crippen molar-refractivity contribution in [1.29, 1.82) is 0 Å². The molecule has 82 valence electrons. The molecule has 15 heavy (non-hydrogen) atoms. The van der Waals surface area contributed by atoms with Crippen LogP contribution in [0, 0.1) is 0 Å². The normalized spacial score (nSPS) is 18.3. The standard InChI is InChI=1S/C11H18N4/c12-10-6-7-13-11(14-10)15-8-4-2-1-3-5-9-15/h6-7H,1-5,8-9H2,(H2,12,13,14). The van der Waals surface area contributed by atoms with Crippen LogP contribution < -0.4 is 10.6 Å². The molecular formula is C11H18N4. The van der Waals surface area contributed by atoms with E-state index in [9.17, 15) is 0 Å². The van der Waals surface area contributed by atoms with Gasteiger partial charge in [-0.2, -0.15) is 4.98 Å². The highest BCUT2D eigenvalue weighted by molar-refractivity contribution is 5.37. The zero-order valence-corrected chi connectivity index (χ0v) is 9.02. The lowest BCUT2D eigenvalue weighted by Gasteiger charge is -2.24. The first kappa shape index (κ1) is 10.2. The van der Waals surface area contributed by atoms with E-state index in [1.165, 1.54) is 32.1 Å². The van der Waals surface area contributed by atoms with E-state index in [0.29, 0.717) is 5.82 Å². The number of hydrogen-bond acceptors (Lipinski definition) is 4. The van der Waals surface area contributed by atoms with E-state index in [2.05, 4.69) is 14.9 Å². The first-order valence-electron chi connectivity index (χ1n) is 5.70. The molecule has 1 aromatic rings. The summed E-state index contributed by atoms with van der Waals surface area (Å²) in [6.45, 7) is 2.12. The summed E-state index contributed by atoms with van der Waals surface area (Å²) in [5.74, 6) is 1.35. The summed E-state index contributed by atoms with van der Waals surface area (Å²) >= 11 is 0. The van der Waals surface area contributed by atoms with Gasteiger partial charge in [0.15, 0.2) is 0 Å². The SMILES string of the molecule is Nc1ccnc(N2CCCCCCC2)n1.